The maximum Gasteiger partial charge on any atom is 0.241 e. The Morgan fingerprint density at radius 2 is 2.42 bits per heavy atom. The molecule has 64 valence electrons. The molecule has 0 fully saturated rings. The van der Waals surface area contributed by atoms with Gasteiger partial charge in [0.05, 0.1) is 7.05 Å². The highest BCUT2D eigenvalue weighted by Crippen LogP contribution is 1.93. The Kier molecular flexibility index (Phi) is 2.52. The van der Waals surface area contributed by atoms with Crippen molar-refractivity contribution in [2.75, 3.05) is 7.05 Å². The van der Waals surface area contributed by atoms with E-state index in [1.54, 1.807) is 19.6 Å². The SMILES string of the molecule is CN=C(N=NN)c1c[nH]c[n+]1C. The lowest BCUT2D eigenvalue weighted by Crippen LogP contribution is -2.32. The van der Waals surface area contributed by atoms with E-state index in [0.29, 0.717) is 5.84 Å². The molecule has 0 bridgehead atoms. The van der Waals surface area contributed by atoms with E-state index in [1.165, 1.54) is 0 Å². The zero-order chi connectivity index (χ0) is 8.97. The summed E-state index contributed by atoms with van der Waals surface area (Å²) in [5, 5.41) is 6.83. The average molecular weight is 167 g/mol. The smallest absolute Gasteiger partial charge is 0.241 e. The van der Waals surface area contributed by atoms with Gasteiger partial charge in [0, 0.05) is 7.05 Å². The number of rotatable bonds is 1. The first-order valence-electron chi connectivity index (χ1n) is 3.40. The third-order valence-electron chi connectivity index (χ3n) is 1.46. The van der Waals surface area contributed by atoms with Crippen LogP contribution in [0.15, 0.2) is 27.9 Å². The molecule has 0 saturated carbocycles. The monoisotopic (exact) mass is 167 g/mol. The molecule has 0 aliphatic carbocycles. The Labute approximate surface area is 69.8 Å². The molecule has 0 unspecified atom stereocenters. The van der Waals surface area contributed by atoms with Crippen molar-refractivity contribution in [1.82, 2.24) is 4.98 Å². The van der Waals surface area contributed by atoms with Gasteiger partial charge in [0.25, 0.3) is 0 Å². The quantitative estimate of drug-likeness (QED) is 0.145. The van der Waals surface area contributed by atoms with Gasteiger partial charge in [0.15, 0.2) is 0 Å². The normalized spacial score (nSPS) is 12.7. The van der Waals surface area contributed by atoms with Gasteiger partial charge in [0.1, 0.15) is 6.20 Å². The zero-order valence-electron chi connectivity index (χ0n) is 7.02. The number of aromatic amines is 1. The predicted molar refractivity (Wildman–Crippen MR) is 43.5 cm³/mol. The van der Waals surface area contributed by atoms with E-state index in [-0.39, 0.29) is 0 Å². The number of hydrogen-bond acceptors (Lipinski definition) is 2. The molecule has 0 amide bonds. The van der Waals surface area contributed by atoms with E-state index in [4.69, 9.17) is 5.84 Å². The summed E-state index contributed by atoms with van der Waals surface area (Å²) < 4.78 is 1.84. The van der Waals surface area contributed by atoms with Crippen molar-refractivity contribution in [3.8, 4) is 0 Å². The van der Waals surface area contributed by atoms with Crippen molar-refractivity contribution in [2.45, 2.75) is 0 Å². The summed E-state index contributed by atoms with van der Waals surface area (Å²) in [6, 6.07) is 0. The first-order valence-corrected chi connectivity index (χ1v) is 3.40. The van der Waals surface area contributed by atoms with E-state index < -0.39 is 0 Å². The molecule has 0 spiro atoms. The van der Waals surface area contributed by atoms with E-state index in [2.05, 4.69) is 20.3 Å². The lowest BCUT2D eigenvalue weighted by Gasteiger charge is -1.91. The summed E-state index contributed by atoms with van der Waals surface area (Å²) in [5.41, 5.74) is 0.840. The van der Waals surface area contributed by atoms with Crippen LogP contribution < -0.4 is 10.4 Å². The van der Waals surface area contributed by atoms with E-state index in [1.807, 2.05) is 11.6 Å². The molecule has 3 N–H and O–H groups in total. The molecular formula is C6H11N6+. The Morgan fingerprint density at radius 1 is 1.67 bits per heavy atom. The van der Waals surface area contributed by atoms with Crippen molar-refractivity contribution < 1.29 is 4.57 Å². The van der Waals surface area contributed by atoms with Gasteiger partial charge < -0.3 is 5.84 Å². The number of aliphatic imine (C=N–C) groups is 1. The fourth-order valence-electron chi connectivity index (χ4n) is 0.887. The van der Waals surface area contributed by atoms with Crippen molar-refractivity contribution in [1.29, 1.82) is 0 Å². The van der Waals surface area contributed by atoms with Gasteiger partial charge in [-0.3, -0.25) is 4.99 Å². The summed E-state index contributed by atoms with van der Waals surface area (Å²) in [4.78, 5) is 6.83. The summed E-state index contributed by atoms with van der Waals surface area (Å²) >= 11 is 0. The van der Waals surface area contributed by atoms with Crippen LogP contribution in [0.2, 0.25) is 0 Å². The molecule has 6 heteroatoms. The Balaban J connectivity index is 3.04. The zero-order valence-corrected chi connectivity index (χ0v) is 7.02. The molecule has 1 aromatic heterocycles. The van der Waals surface area contributed by atoms with Gasteiger partial charge in [-0.05, 0) is 0 Å². The topological polar surface area (TPSA) is 82.8 Å². The minimum atomic E-state index is 0.501. The van der Waals surface area contributed by atoms with E-state index >= 15 is 0 Å². The van der Waals surface area contributed by atoms with E-state index in [9.17, 15) is 0 Å². The van der Waals surface area contributed by atoms with Crippen molar-refractivity contribution >= 4 is 5.84 Å². The molecular weight excluding hydrogens is 156 g/mol. The highest BCUT2D eigenvalue weighted by molar-refractivity contribution is 5.95. The number of aromatic nitrogens is 2. The van der Waals surface area contributed by atoms with Crippen LogP contribution in [0.4, 0.5) is 0 Å². The van der Waals surface area contributed by atoms with Crippen LogP contribution in [0.5, 0.6) is 0 Å². The van der Waals surface area contributed by atoms with Gasteiger partial charge in [-0.25, -0.2) is 9.55 Å². The molecule has 12 heavy (non-hydrogen) atoms. The number of nitrogens with two attached hydrogens (primary N) is 1. The third-order valence-corrected chi connectivity index (χ3v) is 1.46. The molecule has 0 radical (unpaired) electrons. The highest BCUT2D eigenvalue weighted by atomic mass is 15.3. The maximum atomic E-state index is 4.92. The van der Waals surface area contributed by atoms with Crippen LogP contribution in [-0.2, 0) is 7.05 Å². The number of nitrogens with zero attached hydrogens (tertiary/aromatic N) is 4. The summed E-state index contributed by atoms with van der Waals surface area (Å²) in [5.74, 6) is 5.42. The Hall–Kier alpha value is -1.72. The molecule has 0 atom stereocenters. The largest absolute Gasteiger partial charge is 0.305 e. The summed E-state index contributed by atoms with van der Waals surface area (Å²) in [7, 11) is 3.51. The summed E-state index contributed by atoms with van der Waals surface area (Å²) in [6.45, 7) is 0. The third kappa shape index (κ3) is 1.47. The second kappa shape index (κ2) is 3.61. The molecule has 0 aliphatic heterocycles. The highest BCUT2D eigenvalue weighted by Gasteiger charge is 2.11. The number of imidazole rings is 1. The average Bonchev–Trinajstić information content (AvgIpc) is 2.47. The van der Waals surface area contributed by atoms with E-state index in [0.717, 1.165) is 5.69 Å². The second-order valence-corrected chi connectivity index (χ2v) is 2.20. The standard InChI is InChI=1S/C6H10N6/c1-8-6(10-11-7)5-3-9-4-12(5)2/h3-4H,1-2H3,(H2,7,8,10)/p+1. The van der Waals surface area contributed by atoms with Gasteiger partial charge >= 0.3 is 0 Å². The molecule has 1 aromatic rings. The predicted octanol–water partition coefficient (Wildman–Crippen LogP) is -0.458. The first kappa shape index (κ1) is 8.38. The fourth-order valence-corrected chi connectivity index (χ4v) is 0.887. The molecule has 0 aromatic carbocycles. The van der Waals surface area contributed by atoms with Crippen LogP contribution in [0.1, 0.15) is 5.69 Å². The van der Waals surface area contributed by atoms with Crippen molar-refractivity contribution in [3.63, 3.8) is 0 Å². The fraction of sp³-hybridized carbons (Fsp3) is 0.333. The van der Waals surface area contributed by atoms with Gasteiger partial charge in [-0.15, -0.1) is 5.11 Å². The number of hydrogen-bond donors (Lipinski definition) is 2. The molecule has 1 rings (SSSR count). The van der Waals surface area contributed by atoms with Gasteiger partial charge in [-0.1, -0.05) is 5.22 Å². The number of nitrogens with one attached hydrogen (secondary N) is 1. The molecule has 6 nitrogen and oxygen atoms in total. The van der Waals surface area contributed by atoms with Crippen LogP contribution in [0, 0.1) is 0 Å². The molecule has 1 heterocycles. The van der Waals surface area contributed by atoms with Gasteiger partial charge in [-0.2, -0.15) is 0 Å². The number of amidine groups is 1. The molecule has 0 saturated heterocycles. The number of aryl methyl sites for hydroxylation is 1. The molecule has 0 aliphatic rings. The first-order chi connectivity index (χ1) is 5.79. The van der Waals surface area contributed by atoms with Crippen LogP contribution in [0.3, 0.4) is 0 Å². The second-order valence-electron chi connectivity index (χ2n) is 2.20. The van der Waals surface area contributed by atoms with Crippen LogP contribution in [-0.4, -0.2) is 17.9 Å². The van der Waals surface area contributed by atoms with Crippen molar-refractivity contribution in [2.24, 2.45) is 28.2 Å². The Morgan fingerprint density at radius 3 is 2.83 bits per heavy atom. The van der Waals surface area contributed by atoms with Crippen LogP contribution in [0.25, 0.3) is 0 Å². The van der Waals surface area contributed by atoms with Crippen LogP contribution >= 0.6 is 0 Å². The Bertz CT molecular complexity index is 310. The van der Waals surface area contributed by atoms with Crippen molar-refractivity contribution in [3.05, 3.63) is 18.2 Å². The lowest BCUT2D eigenvalue weighted by molar-refractivity contribution is -0.671. The minimum Gasteiger partial charge on any atom is -0.305 e. The van der Waals surface area contributed by atoms with Gasteiger partial charge in [0.2, 0.25) is 17.9 Å². The number of H-pyrrole nitrogens is 1. The maximum absolute atomic E-state index is 4.92. The minimum absolute atomic E-state index is 0.501. The lowest BCUT2D eigenvalue weighted by atomic mass is 10.4. The summed E-state index contributed by atoms with van der Waals surface area (Å²) in [6.07, 6.45) is 3.56.